The first-order valence-electron chi connectivity index (χ1n) is 6.98. The molecule has 0 unspecified atom stereocenters. The number of carbonyl (C=O) groups is 2. The lowest BCUT2D eigenvalue weighted by molar-refractivity contribution is -0.143. The molecule has 108 valence electrons. The lowest BCUT2D eigenvalue weighted by Gasteiger charge is -2.29. The first-order chi connectivity index (χ1) is 9.09. The van der Waals surface area contributed by atoms with Gasteiger partial charge in [0.05, 0.1) is 12.0 Å². The molecule has 0 aromatic rings. The summed E-state index contributed by atoms with van der Waals surface area (Å²) in [5.41, 5.74) is -0.740. The first kappa shape index (κ1) is 14.1. The smallest absolute Gasteiger partial charge is 0.317 e. The van der Waals surface area contributed by atoms with Gasteiger partial charge >= 0.3 is 12.0 Å². The summed E-state index contributed by atoms with van der Waals surface area (Å²) in [5, 5.41) is 20.8. The normalized spacial score (nSPS) is 21.1. The van der Waals surface area contributed by atoms with Crippen LogP contribution in [0.3, 0.4) is 0 Å². The van der Waals surface area contributed by atoms with E-state index >= 15 is 0 Å². The summed E-state index contributed by atoms with van der Waals surface area (Å²) in [5.74, 6) is -0.831. The topological polar surface area (TPSA) is 89.9 Å². The Bertz CT molecular complexity index is 349. The van der Waals surface area contributed by atoms with Gasteiger partial charge in [0.1, 0.15) is 0 Å². The number of nitrogens with zero attached hydrogens (tertiary/aromatic N) is 1. The number of aliphatic hydroxyl groups is 1. The van der Waals surface area contributed by atoms with Gasteiger partial charge in [-0.15, -0.1) is 0 Å². The monoisotopic (exact) mass is 270 g/mol. The summed E-state index contributed by atoms with van der Waals surface area (Å²) in [6.07, 6.45) is 5.42. The molecule has 2 aliphatic rings. The number of hydrogen-bond donors (Lipinski definition) is 3. The van der Waals surface area contributed by atoms with E-state index in [0.29, 0.717) is 19.4 Å². The van der Waals surface area contributed by atoms with E-state index < -0.39 is 11.4 Å². The molecule has 0 radical (unpaired) electrons. The van der Waals surface area contributed by atoms with Crippen molar-refractivity contribution in [1.82, 2.24) is 10.2 Å². The number of carboxylic acid groups (broad SMARTS) is 1. The summed E-state index contributed by atoms with van der Waals surface area (Å²) in [6, 6.07) is -0.0550. The fourth-order valence-corrected chi connectivity index (χ4v) is 2.74. The molecule has 2 amide bonds. The number of nitrogens with one attached hydrogen (secondary N) is 1. The Morgan fingerprint density at radius 1 is 1.26 bits per heavy atom. The van der Waals surface area contributed by atoms with Gasteiger partial charge in [-0.3, -0.25) is 4.79 Å². The van der Waals surface area contributed by atoms with E-state index in [-0.39, 0.29) is 25.2 Å². The third-order valence-electron chi connectivity index (χ3n) is 4.25. The second-order valence-electron chi connectivity index (χ2n) is 5.60. The van der Waals surface area contributed by atoms with Crippen molar-refractivity contribution < 1.29 is 19.8 Å². The molecule has 3 N–H and O–H groups in total. The number of aliphatic hydroxyl groups excluding tert-OH is 1. The van der Waals surface area contributed by atoms with Crippen molar-refractivity contribution in [3.8, 4) is 0 Å². The Hall–Kier alpha value is -1.30. The van der Waals surface area contributed by atoms with Crippen LogP contribution in [0.25, 0.3) is 0 Å². The van der Waals surface area contributed by atoms with Crippen molar-refractivity contribution in [2.45, 2.75) is 44.6 Å². The third kappa shape index (κ3) is 3.18. The molecule has 0 saturated heterocycles. The quantitative estimate of drug-likeness (QED) is 0.666. The molecular weight excluding hydrogens is 248 g/mol. The Morgan fingerprint density at radius 2 is 1.89 bits per heavy atom. The van der Waals surface area contributed by atoms with Gasteiger partial charge in [0.15, 0.2) is 0 Å². The fraction of sp³-hybridized carbons (Fsp3) is 0.846. The van der Waals surface area contributed by atoms with Crippen molar-refractivity contribution in [1.29, 1.82) is 0 Å². The minimum absolute atomic E-state index is 0.0615. The zero-order valence-corrected chi connectivity index (χ0v) is 11.1. The number of aliphatic carboxylic acids is 1. The molecule has 2 fully saturated rings. The summed E-state index contributed by atoms with van der Waals surface area (Å²) < 4.78 is 0. The maximum Gasteiger partial charge on any atom is 0.317 e. The van der Waals surface area contributed by atoms with Crippen molar-refractivity contribution >= 4 is 12.0 Å². The van der Waals surface area contributed by atoms with E-state index in [2.05, 4.69) is 5.32 Å². The van der Waals surface area contributed by atoms with Gasteiger partial charge in [-0.2, -0.15) is 0 Å². The SMILES string of the molecule is O=C(NCC1(C(=O)O)CC1)N(CCO)C1CCCC1. The standard InChI is InChI=1S/C13H22N2O4/c16-8-7-15(10-3-1-2-4-10)12(19)14-9-13(5-6-13)11(17)18/h10,16H,1-9H2,(H,14,19)(H,17,18). The van der Waals surface area contributed by atoms with Crippen LogP contribution in [0, 0.1) is 5.41 Å². The van der Waals surface area contributed by atoms with Crippen molar-refractivity contribution in [2.24, 2.45) is 5.41 Å². The molecule has 2 aliphatic carbocycles. The zero-order chi connectivity index (χ0) is 13.9. The zero-order valence-electron chi connectivity index (χ0n) is 11.1. The number of urea groups is 1. The molecule has 6 nitrogen and oxygen atoms in total. The van der Waals surface area contributed by atoms with Gasteiger partial charge in [-0.1, -0.05) is 12.8 Å². The van der Waals surface area contributed by atoms with Crippen LogP contribution in [-0.2, 0) is 4.79 Å². The van der Waals surface area contributed by atoms with Crippen LogP contribution in [0.5, 0.6) is 0 Å². The summed E-state index contributed by atoms with van der Waals surface area (Å²) >= 11 is 0. The molecule has 6 heteroatoms. The van der Waals surface area contributed by atoms with Crippen molar-refractivity contribution in [3.63, 3.8) is 0 Å². The van der Waals surface area contributed by atoms with E-state index in [1.54, 1.807) is 4.90 Å². The molecule has 2 rings (SSSR count). The van der Waals surface area contributed by atoms with E-state index in [1.807, 2.05) is 0 Å². The Kier molecular flexibility index (Phi) is 4.29. The van der Waals surface area contributed by atoms with Gasteiger partial charge in [0, 0.05) is 19.1 Å². The van der Waals surface area contributed by atoms with Gasteiger partial charge < -0.3 is 20.4 Å². The van der Waals surface area contributed by atoms with Crippen LogP contribution in [0.15, 0.2) is 0 Å². The molecule has 19 heavy (non-hydrogen) atoms. The first-order valence-corrected chi connectivity index (χ1v) is 6.98. The van der Waals surface area contributed by atoms with Gasteiger partial charge in [0.2, 0.25) is 0 Å². The highest BCUT2D eigenvalue weighted by molar-refractivity contribution is 5.80. The lowest BCUT2D eigenvalue weighted by atomic mass is 10.1. The largest absolute Gasteiger partial charge is 0.481 e. The number of hydrogen-bond acceptors (Lipinski definition) is 3. The Labute approximate surface area is 112 Å². The van der Waals surface area contributed by atoms with E-state index in [1.165, 1.54) is 0 Å². The second-order valence-corrected chi connectivity index (χ2v) is 5.60. The second kappa shape index (κ2) is 5.77. The predicted octanol–water partition coefficient (Wildman–Crippen LogP) is 0.798. The number of amides is 2. The molecule has 0 aromatic carbocycles. The van der Waals surface area contributed by atoms with Crippen LogP contribution in [-0.4, -0.2) is 52.9 Å². The average molecular weight is 270 g/mol. The lowest BCUT2D eigenvalue weighted by Crippen LogP contribution is -2.48. The van der Waals surface area contributed by atoms with Gasteiger partial charge in [0.25, 0.3) is 0 Å². The van der Waals surface area contributed by atoms with Crippen molar-refractivity contribution in [3.05, 3.63) is 0 Å². The maximum atomic E-state index is 12.1. The molecule has 0 spiro atoms. The molecule has 0 aliphatic heterocycles. The van der Waals surface area contributed by atoms with Crippen LogP contribution in [0.4, 0.5) is 4.79 Å². The molecule has 0 bridgehead atoms. The summed E-state index contributed by atoms with van der Waals surface area (Å²) in [7, 11) is 0. The van der Waals surface area contributed by atoms with Gasteiger partial charge in [-0.05, 0) is 25.7 Å². The highest BCUT2D eigenvalue weighted by Crippen LogP contribution is 2.45. The van der Waals surface area contributed by atoms with Crippen molar-refractivity contribution in [2.75, 3.05) is 19.7 Å². The predicted molar refractivity (Wildman–Crippen MR) is 68.7 cm³/mol. The molecule has 0 atom stereocenters. The Morgan fingerprint density at radius 3 is 2.37 bits per heavy atom. The molecular formula is C13H22N2O4. The van der Waals surface area contributed by atoms with Gasteiger partial charge in [-0.25, -0.2) is 4.79 Å². The number of carboxylic acids is 1. The average Bonchev–Trinajstić information content (AvgIpc) is 3.00. The number of rotatable bonds is 6. The number of carbonyl (C=O) groups excluding carboxylic acids is 1. The summed E-state index contributed by atoms with van der Waals surface area (Å²) in [4.78, 5) is 24.8. The third-order valence-corrected chi connectivity index (χ3v) is 4.25. The highest BCUT2D eigenvalue weighted by Gasteiger charge is 2.50. The fourth-order valence-electron chi connectivity index (χ4n) is 2.74. The van der Waals surface area contributed by atoms with E-state index in [4.69, 9.17) is 10.2 Å². The minimum atomic E-state index is -0.831. The van der Waals surface area contributed by atoms with Crippen LogP contribution < -0.4 is 5.32 Å². The molecule has 0 aromatic heterocycles. The molecule has 2 saturated carbocycles. The molecule has 0 heterocycles. The van der Waals surface area contributed by atoms with Crippen LogP contribution in [0.1, 0.15) is 38.5 Å². The minimum Gasteiger partial charge on any atom is -0.481 e. The Balaban J connectivity index is 1.87. The highest BCUT2D eigenvalue weighted by atomic mass is 16.4. The maximum absolute atomic E-state index is 12.1. The summed E-state index contributed by atoms with van der Waals surface area (Å²) in [6.45, 7) is 0.445. The van der Waals surface area contributed by atoms with E-state index in [9.17, 15) is 9.59 Å². The van der Waals surface area contributed by atoms with Crippen LogP contribution >= 0.6 is 0 Å². The van der Waals surface area contributed by atoms with Crippen LogP contribution in [0.2, 0.25) is 0 Å². The van der Waals surface area contributed by atoms with E-state index in [0.717, 1.165) is 25.7 Å².